The lowest BCUT2D eigenvalue weighted by molar-refractivity contribution is -0.118. The minimum absolute atomic E-state index is 0.112. The van der Waals surface area contributed by atoms with Gasteiger partial charge in [-0.15, -0.1) is 0 Å². The van der Waals surface area contributed by atoms with Crippen molar-refractivity contribution >= 4 is 29.1 Å². The molecule has 1 aliphatic heterocycles. The van der Waals surface area contributed by atoms with Gasteiger partial charge in [-0.1, -0.05) is 56.1 Å². The van der Waals surface area contributed by atoms with Crippen molar-refractivity contribution in [3.05, 3.63) is 51.9 Å². The Morgan fingerprint density at radius 2 is 1.83 bits per heavy atom. The molecule has 3 rings (SSSR count). The second kappa shape index (κ2) is 14.5. The maximum Gasteiger partial charge on any atom is 0.221 e. The summed E-state index contributed by atoms with van der Waals surface area (Å²) in [5.74, 6) is 2.13. The molecule has 2 aliphatic rings. The molecule has 1 saturated heterocycles. The molecule has 4 nitrogen and oxygen atoms in total. The topological polar surface area (TPSA) is 41.6 Å². The van der Waals surface area contributed by atoms with Crippen LogP contribution in [0.15, 0.2) is 41.8 Å². The second-order valence-electron chi connectivity index (χ2n) is 7.46. The first-order valence-electron chi connectivity index (χ1n) is 10.8. The third kappa shape index (κ3) is 10.0. The van der Waals surface area contributed by atoms with Crippen LogP contribution in [0.1, 0.15) is 59.8 Å². The zero-order chi connectivity index (χ0) is 22.5. The van der Waals surface area contributed by atoms with E-state index in [1.165, 1.54) is 32.9 Å². The highest BCUT2D eigenvalue weighted by Crippen LogP contribution is 2.31. The number of allylic oxidation sites excluding steroid dienone is 3. The first-order chi connectivity index (χ1) is 14.3. The van der Waals surface area contributed by atoms with Crippen LogP contribution in [0.25, 0.3) is 0 Å². The first kappa shape index (κ1) is 26.5. The Balaban J connectivity index is 0.000000375. The van der Waals surface area contributed by atoms with Gasteiger partial charge in [-0.2, -0.15) is 0 Å². The second-order valence-corrected chi connectivity index (χ2v) is 8.30. The summed E-state index contributed by atoms with van der Waals surface area (Å²) < 4.78 is 5.87. The quantitative estimate of drug-likeness (QED) is 0.508. The van der Waals surface area contributed by atoms with Crippen molar-refractivity contribution in [2.45, 2.75) is 59.8 Å². The lowest BCUT2D eigenvalue weighted by atomic mass is 10.00. The van der Waals surface area contributed by atoms with Crippen molar-refractivity contribution in [2.24, 2.45) is 5.92 Å². The van der Waals surface area contributed by atoms with Crippen LogP contribution in [-0.2, 0) is 4.79 Å². The van der Waals surface area contributed by atoms with Gasteiger partial charge in [-0.25, -0.2) is 0 Å². The van der Waals surface area contributed by atoms with E-state index in [0.717, 1.165) is 23.8 Å². The predicted octanol–water partition coefficient (Wildman–Crippen LogP) is 6.83. The van der Waals surface area contributed by atoms with Gasteiger partial charge in [-0.3, -0.25) is 4.79 Å². The number of nitrogens with zero attached hydrogens (tertiary/aromatic N) is 1. The van der Waals surface area contributed by atoms with Crippen molar-refractivity contribution < 1.29 is 9.53 Å². The summed E-state index contributed by atoms with van der Waals surface area (Å²) in [5.41, 5.74) is 0.775. The number of carbonyl (C=O) groups is 1. The predicted molar refractivity (Wildman–Crippen MR) is 128 cm³/mol. The van der Waals surface area contributed by atoms with Crippen LogP contribution in [0.4, 0.5) is 0 Å². The van der Waals surface area contributed by atoms with Gasteiger partial charge < -0.3 is 15.0 Å². The van der Waals surface area contributed by atoms with Crippen LogP contribution in [0.5, 0.6) is 5.75 Å². The molecule has 1 N–H and O–H groups in total. The SMILES string of the molecule is CC.CC(=O)NC1=C(Oc2ccc(Cl)cc2Cl)CCC=CC1.CC1CCN(C)CC1. The molecule has 6 heteroatoms. The zero-order valence-electron chi connectivity index (χ0n) is 18.9. The summed E-state index contributed by atoms with van der Waals surface area (Å²) in [6, 6.07) is 5.07. The number of ether oxygens (including phenoxy) is 1. The summed E-state index contributed by atoms with van der Waals surface area (Å²) in [7, 11) is 2.20. The monoisotopic (exact) mass is 454 g/mol. The molecule has 1 aromatic rings. The van der Waals surface area contributed by atoms with Crippen LogP contribution in [0.3, 0.4) is 0 Å². The number of hydrogen-bond acceptors (Lipinski definition) is 3. The highest BCUT2D eigenvalue weighted by atomic mass is 35.5. The molecule has 1 aromatic carbocycles. The number of carbonyl (C=O) groups excluding carboxylic acids is 1. The summed E-state index contributed by atoms with van der Waals surface area (Å²) in [4.78, 5) is 13.7. The molecule has 0 spiro atoms. The number of benzene rings is 1. The molecular formula is C24H36Cl2N2O2. The fraction of sp³-hybridized carbons (Fsp3) is 0.542. The maximum absolute atomic E-state index is 11.3. The minimum atomic E-state index is -0.112. The molecule has 1 heterocycles. The van der Waals surface area contributed by atoms with Crippen LogP contribution in [-0.4, -0.2) is 30.9 Å². The summed E-state index contributed by atoms with van der Waals surface area (Å²) >= 11 is 12.0. The normalized spacial score (nSPS) is 17.2. The van der Waals surface area contributed by atoms with E-state index in [1.54, 1.807) is 18.2 Å². The largest absolute Gasteiger partial charge is 0.458 e. The molecule has 1 fully saturated rings. The van der Waals surface area contributed by atoms with Crippen LogP contribution >= 0.6 is 23.2 Å². The van der Waals surface area contributed by atoms with E-state index >= 15 is 0 Å². The van der Waals surface area contributed by atoms with Crippen molar-refractivity contribution in [3.8, 4) is 5.75 Å². The molecule has 0 saturated carbocycles. The van der Waals surface area contributed by atoms with E-state index in [2.05, 4.69) is 30.3 Å². The number of amides is 1. The third-order valence-corrected chi connectivity index (χ3v) is 5.36. The Bertz CT molecular complexity index is 714. The minimum Gasteiger partial charge on any atom is -0.458 e. The van der Waals surface area contributed by atoms with E-state index in [9.17, 15) is 4.79 Å². The number of hydrogen-bond donors (Lipinski definition) is 1. The highest BCUT2D eigenvalue weighted by molar-refractivity contribution is 6.35. The van der Waals surface area contributed by atoms with Gasteiger partial charge in [0.1, 0.15) is 11.5 Å². The number of nitrogens with one attached hydrogen (secondary N) is 1. The molecule has 0 radical (unpaired) electrons. The Kier molecular flexibility index (Phi) is 12.8. The van der Waals surface area contributed by atoms with Gasteiger partial charge >= 0.3 is 0 Å². The fourth-order valence-electron chi connectivity index (χ4n) is 3.07. The van der Waals surface area contributed by atoms with Gasteiger partial charge in [-0.05, 0) is 63.5 Å². The Labute approximate surface area is 192 Å². The standard InChI is InChI=1S/C15H15Cl2NO2.C7H15N.C2H6/c1-10(19)18-13-5-3-2-4-6-15(13)20-14-8-7-11(16)9-12(14)17;1-7-3-5-8(2)6-4-7;1-2/h2-3,7-9H,4-6H2,1H3,(H,18,19);7H,3-6H2,1-2H3;1-2H3. The molecule has 0 aromatic heterocycles. The molecule has 168 valence electrons. The van der Waals surface area contributed by atoms with E-state index < -0.39 is 0 Å². The van der Waals surface area contributed by atoms with Crippen molar-refractivity contribution in [1.29, 1.82) is 0 Å². The molecular weight excluding hydrogens is 419 g/mol. The fourth-order valence-corrected chi connectivity index (χ4v) is 3.52. The van der Waals surface area contributed by atoms with Crippen LogP contribution in [0.2, 0.25) is 10.0 Å². The van der Waals surface area contributed by atoms with Gasteiger partial charge in [0.25, 0.3) is 0 Å². The Morgan fingerprint density at radius 3 is 2.40 bits per heavy atom. The molecule has 30 heavy (non-hydrogen) atoms. The van der Waals surface area contributed by atoms with E-state index in [1.807, 2.05) is 19.9 Å². The zero-order valence-corrected chi connectivity index (χ0v) is 20.4. The Hall–Kier alpha value is -1.49. The number of halogens is 2. The molecule has 0 bridgehead atoms. The van der Waals surface area contributed by atoms with Crippen molar-refractivity contribution in [2.75, 3.05) is 20.1 Å². The highest BCUT2D eigenvalue weighted by Gasteiger charge is 2.14. The van der Waals surface area contributed by atoms with Crippen LogP contribution < -0.4 is 10.1 Å². The molecule has 1 aliphatic carbocycles. The number of rotatable bonds is 3. The van der Waals surface area contributed by atoms with E-state index in [0.29, 0.717) is 28.6 Å². The van der Waals surface area contributed by atoms with Gasteiger partial charge in [0.15, 0.2) is 0 Å². The smallest absolute Gasteiger partial charge is 0.221 e. The van der Waals surface area contributed by atoms with E-state index in [4.69, 9.17) is 27.9 Å². The molecule has 1 amide bonds. The number of piperidine rings is 1. The first-order valence-corrected chi connectivity index (χ1v) is 11.6. The maximum atomic E-state index is 11.3. The Morgan fingerprint density at radius 1 is 1.17 bits per heavy atom. The average Bonchev–Trinajstić information content (AvgIpc) is 2.93. The van der Waals surface area contributed by atoms with Gasteiger partial charge in [0.2, 0.25) is 5.91 Å². The molecule has 0 unspecified atom stereocenters. The van der Waals surface area contributed by atoms with Crippen LogP contribution in [0, 0.1) is 5.92 Å². The van der Waals surface area contributed by atoms with E-state index in [-0.39, 0.29) is 5.91 Å². The lowest BCUT2D eigenvalue weighted by Gasteiger charge is -2.26. The van der Waals surface area contributed by atoms with Crippen molar-refractivity contribution in [3.63, 3.8) is 0 Å². The lowest BCUT2D eigenvalue weighted by Crippen LogP contribution is -2.28. The van der Waals surface area contributed by atoms with Gasteiger partial charge in [0.05, 0.1) is 10.7 Å². The third-order valence-electron chi connectivity index (χ3n) is 4.82. The van der Waals surface area contributed by atoms with Gasteiger partial charge in [0, 0.05) is 24.8 Å². The summed E-state index contributed by atoms with van der Waals surface area (Å²) in [5, 5.41) is 3.82. The number of likely N-dealkylation sites (tertiary alicyclic amines) is 1. The average molecular weight is 455 g/mol. The molecule has 0 atom stereocenters. The summed E-state index contributed by atoms with van der Waals surface area (Å²) in [6.45, 7) is 10.4. The van der Waals surface area contributed by atoms with Crippen molar-refractivity contribution in [1.82, 2.24) is 10.2 Å². The summed E-state index contributed by atoms with van der Waals surface area (Å²) in [6.07, 6.45) is 9.11.